The maximum atomic E-state index is 12.1. The topological polar surface area (TPSA) is 68.3 Å². The number of thiazole rings is 1. The van der Waals surface area contributed by atoms with E-state index in [4.69, 9.17) is 4.74 Å². The molecule has 0 aliphatic heterocycles. The molecule has 5 nitrogen and oxygen atoms in total. The third-order valence-electron chi connectivity index (χ3n) is 3.20. The molecule has 2 heterocycles. The quantitative estimate of drug-likeness (QED) is 0.885. The number of amides is 1. The number of esters is 1. The highest BCUT2D eigenvalue weighted by Crippen LogP contribution is 2.39. The number of thiophene rings is 1. The Hall–Kier alpha value is -1.73. The molecule has 0 fully saturated rings. The third-order valence-corrected chi connectivity index (χ3v) is 5.00. The Morgan fingerprint density at radius 3 is 2.95 bits per heavy atom. The SMILES string of the molecule is COC(=O)c1c(NC(=O)c2cscn2)sc2c1CCC2. The molecule has 0 radical (unpaired) electrons. The van der Waals surface area contributed by atoms with Crippen LogP contribution >= 0.6 is 22.7 Å². The fraction of sp³-hybridized carbons (Fsp3) is 0.308. The minimum absolute atomic E-state index is 0.295. The lowest BCUT2D eigenvalue weighted by Gasteiger charge is -2.05. The first-order valence-electron chi connectivity index (χ1n) is 6.13. The van der Waals surface area contributed by atoms with Gasteiger partial charge in [-0.2, -0.15) is 0 Å². The average Bonchev–Trinajstić information content (AvgIpc) is 3.13. The van der Waals surface area contributed by atoms with Gasteiger partial charge in [-0.1, -0.05) is 0 Å². The molecule has 0 saturated heterocycles. The first-order chi connectivity index (χ1) is 9.70. The van der Waals surface area contributed by atoms with Crippen LogP contribution < -0.4 is 5.32 Å². The van der Waals surface area contributed by atoms with E-state index in [1.54, 1.807) is 10.9 Å². The monoisotopic (exact) mass is 308 g/mol. The molecule has 0 saturated carbocycles. The van der Waals surface area contributed by atoms with E-state index in [1.807, 2.05) is 0 Å². The summed E-state index contributed by atoms with van der Waals surface area (Å²) >= 11 is 2.82. The summed E-state index contributed by atoms with van der Waals surface area (Å²) in [6.45, 7) is 0. The summed E-state index contributed by atoms with van der Waals surface area (Å²) < 4.78 is 4.84. The lowest BCUT2D eigenvalue weighted by molar-refractivity contribution is 0.0601. The molecule has 7 heteroatoms. The van der Waals surface area contributed by atoms with Crippen LogP contribution in [0.4, 0.5) is 5.00 Å². The Morgan fingerprint density at radius 2 is 2.25 bits per heavy atom. The van der Waals surface area contributed by atoms with Gasteiger partial charge in [0, 0.05) is 10.3 Å². The standard InChI is InChI=1S/C13H12N2O3S2/c1-18-13(17)10-7-3-2-4-9(7)20-12(10)15-11(16)8-5-19-6-14-8/h5-6H,2-4H2,1H3,(H,15,16). The molecule has 20 heavy (non-hydrogen) atoms. The average molecular weight is 308 g/mol. The zero-order valence-corrected chi connectivity index (χ0v) is 12.4. The Morgan fingerprint density at radius 1 is 1.40 bits per heavy atom. The zero-order valence-electron chi connectivity index (χ0n) is 10.8. The number of aromatic nitrogens is 1. The summed E-state index contributed by atoms with van der Waals surface area (Å²) in [6.07, 6.45) is 2.87. The summed E-state index contributed by atoms with van der Waals surface area (Å²) in [6, 6.07) is 0. The molecular formula is C13H12N2O3S2. The van der Waals surface area contributed by atoms with Gasteiger partial charge in [0.05, 0.1) is 18.2 Å². The van der Waals surface area contributed by atoms with E-state index in [-0.39, 0.29) is 5.91 Å². The molecule has 1 N–H and O–H groups in total. The largest absolute Gasteiger partial charge is 0.465 e. The van der Waals surface area contributed by atoms with Crippen molar-refractivity contribution < 1.29 is 14.3 Å². The van der Waals surface area contributed by atoms with Crippen LogP contribution in [0.25, 0.3) is 0 Å². The molecule has 1 aliphatic rings. The van der Waals surface area contributed by atoms with Crippen molar-refractivity contribution in [2.45, 2.75) is 19.3 Å². The number of fused-ring (bicyclic) bond motifs is 1. The Labute approximate surface area is 123 Å². The third kappa shape index (κ3) is 2.23. The van der Waals surface area contributed by atoms with Crippen LogP contribution in [0.2, 0.25) is 0 Å². The lowest BCUT2D eigenvalue weighted by Crippen LogP contribution is -2.14. The number of nitrogens with zero attached hydrogens (tertiary/aromatic N) is 1. The predicted octanol–water partition coefficient (Wildman–Crippen LogP) is 2.73. The molecule has 104 valence electrons. The normalized spacial score (nSPS) is 13.1. The Kier molecular flexibility index (Phi) is 3.54. The minimum atomic E-state index is -0.391. The van der Waals surface area contributed by atoms with Crippen LogP contribution in [0, 0.1) is 0 Å². The number of carbonyl (C=O) groups is 2. The van der Waals surface area contributed by atoms with Crippen molar-refractivity contribution in [1.82, 2.24) is 4.98 Å². The molecule has 0 spiro atoms. The number of aryl methyl sites for hydroxylation is 1. The second kappa shape index (κ2) is 5.34. The predicted molar refractivity (Wildman–Crippen MR) is 77.8 cm³/mol. The smallest absolute Gasteiger partial charge is 0.341 e. The van der Waals surface area contributed by atoms with Gasteiger partial charge in [-0.15, -0.1) is 22.7 Å². The highest BCUT2D eigenvalue weighted by atomic mass is 32.1. The highest BCUT2D eigenvalue weighted by molar-refractivity contribution is 7.17. The van der Waals surface area contributed by atoms with E-state index < -0.39 is 5.97 Å². The first kappa shape index (κ1) is 13.3. The number of rotatable bonds is 3. The van der Waals surface area contributed by atoms with Crippen LogP contribution in [0.5, 0.6) is 0 Å². The number of methoxy groups -OCH3 is 1. The van der Waals surface area contributed by atoms with Crippen LogP contribution in [0.3, 0.4) is 0 Å². The van der Waals surface area contributed by atoms with E-state index in [1.165, 1.54) is 34.7 Å². The molecule has 2 aromatic rings. The van der Waals surface area contributed by atoms with E-state index in [9.17, 15) is 9.59 Å². The molecule has 1 aliphatic carbocycles. The number of nitrogens with one attached hydrogen (secondary N) is 1. The maximum Gasteiger partial charge on any atom is 0.341 e. The number of anilines is 1. The molecule has 0 unspecified atom stereocenters. The van der Waals surface area contributed by atoms with Crippen molar-refractivity contribution in [2.75, 3.05) is 12.4 Å². The number of hydrogen-bond donors (Lipinski definition) is 1. The summed E-state index contributed by atoms with van der Waals surface area (Å²) in [5.74, 6) is -0.686. The Balaban J connectivity index is 1.93. The van der Waals surface area contributed by atoms with Gasteiger partial charge in [0.1, 0.15) is 10.7 Å². The summed E-state index contributed by atoms with van der Waals surface area (Å²) in [5, 5.41) is 5.02. The Bertz CT molecular complexity index is 661. The van der Waals surface area contributed by atoms with Crippen molar-refractivity contribution >= 4 is 39.6 Å². The van der Waals surface area contributed by atoms with Crippen LogP contribution in [-0.4, -0.2) is 24.0 Å². The van der Waals surface area contributed by atoms with Gasteiger partial charge in [0.15, 0.2) is 0 Å². The van der Waals surface area contributed by atoms with E-state index in [0.29, 0.717) is 16.3 Å². The van der Waals surface area contributed by atoms with Gasteiger partial charge < -0.3 is 10.1 Å². The van der Waals surface area contributed by atoms with Crippen LogP contribution in [0.15, 0.2) is 10.9 Å². The summed E-state index contributed by atoms with van der Waals surface area (Å²) in [4.78, 5) is 29.1. The number of carbonyl (C=O) groups excluding carboxylic acids is 2. The van der Waals surface area contributed by atoms with Gasteiger partial charge in [-0.3, -0.25) is 4.79 Å². The molecular weight excluding hydrogens is 296 g/mol. The van der Waals surface area contributed by atoms with Crippen molar-refractivity contribution in [3.05, 3.63) is 32.6 Å². The molecule has 0 atom stereocenters. The van der Waals surface area contributed by atoms with Crippen molar-refractivity contribution in [1.29, 1.82) is 0 Å². The summed E-state index contributed by atoms with van der Waals surface area (Å²) in [5.41, 5.74) is 3.49. The fourth-order valence-corrected chi connectivity index (χ4v) is 4.11. The molecule has 2 aromatic heterocycles. The van der Waals surface area contributed by atoms with Gasteiger partial charge in [0.25, 0.3) is 5.91 Å². The van der Waals surface area contributed by atoms with Gasteiger partial charge in [-0.05, 0) is 24.8 Å². The van der Waals surface area contributed by atoms with E-state index in [2.05, 4.69) is 10.3 Å². The van der Waals surface area contributed by atoms with Gasteiger partial charge in [0.2, 0.25) is 0 Å². The van der Waals surface area contributed by atoms with Gasteiger partial charge >= 0.3 is 5.97 Å². The van der Waals surface area contributed by atoms with E-state index >= 15 is 0 Å². The number of hydrogen-bond acceptors (Lipinski definition) is 6. The van der Waals surface area contributed by atoms with Crippen molar-refractivity contribution in [3.63, 3.8) is 0 Å². The van der Waals surface area contributed by atoms with Crippen molar-refractivity contribution in [2.24, 2.45) is 0 Å². The summed E-state index contributed by atoms with van der Waals surface area (Å²) in [7, 11) is 1.35. The fourth-order valence-electron chi connectivity index (χ4n) is 2.30. The highest BCUT2D eigenvalue weighted by Gasteiger charge is 2.28. The maximum absolute atomic E-state index is 12.1. The minimum Gasteiger partial charge on any atom is -0.465 e. The lowest BCUT2D eigenvalue weighted by atomic mass is 10.1. The number of ether oxygens (including phenoxy) is 1. The van der Waals surface area contributed by atoms with Crippen molar-refractivity contribution in [3.8, 4) is 0 Å². The molecule has 1 amide bonds. The first-order valence-corrected chi connectivity index (χ1v) is 7.89. The molecule has 0 aromatic carbocycles. The second-order valence-electron chi connectivity index (χ2n) is 4.38. The van der Waals surface area contributed by atoms with Crippen LogP contribution in [0.1, 0.15) is 37.7 Å². The van der Waals surface area contributed by atoms with E-state index in [0.717, 1.165) is 24.8 Å². The molecule has 0 bridgehead atoms. The van der Waals surface area contributed by atoms with Crippen LogP contribution in [-0.2, 0) is 17.6 Å². The molecule has 3 rings (SSSR count). The zero-order chi connectivity index (χ0) is 14.1. The second-order valence-corrected chi connectivity index (χ2v) is 6.20. The van der Waals surface area contributed by atoms with Gasteiger partial charge in [-0.25, -0.2) is 9.78 Å².